The van der Waals surface area contributed by atoms with Crippen LogP contribution < -0.4 is 5.73 Å². The molecule has 20 heavy (non-hydrogen) atoms. The first kappa shape index (κ1) is 19.2. The number of halogens is 2. The van der Waals surface area contributed by atoms with Crippen molar-refractivity contribution in [2.24, 2.45) is 5.73 Å². The zero-order valence-electron chi connectivity index (χ0n) is 11.8. The number of hydrogen-bond donors (Lipinski definition) is 1. The van der Waals surface area contributed by atoms with E-state index in [4.69, 9.17) is 5.73 Å². The molecule has 1 aliphatic rings. The van der Waals surface area contributed by atoms with Crippen LogP contribution in [-0.2, 0) is 4.79 Å². The van der Waals surface area contributed by atoms with Crippen molar-refractivity contribution in [3.8, 4) is 0 Å². The van der Waals surface area contributed by atoms with E-state index in [1.165, 1.54) is 6.42 Å². The molecule has 1 aromatic rings. The van der Waals surface area contributed by atoms with Crippen LogP contribution in [-0.4, -0.2) is 39.7 Å². The summed E-state index contributed by atoms with van der Waals surface area (Å²) in [7, 11) is 0. The third-order valence-electron chi connectivity index (χ3n) is 3.69. The van der Waals surface area contributed by atoms with Crippen molar-refractivity contribution in [3.05, 3.63) is 18.5 Å². The van der Waals surface area contributed by atoms with E-state index in [1.54, 1.807) is 10.9 Å². The number of likely N-dealkylation sites (tertiary alicyclic amines) is 1. The molecule has 0 spiro atoms. The number of nitrogens with two attached hydrogens (primary N) is 1. The van der Waals surface area contributed by atoms with Gasteiger partial charge in [-0.25, -0.2) is 0 Å². The maximum atomic E-state index is 12.5. The summed E-state index contributed by atoms with van der Waals surface area (Å²) in [5, 5.41) is 4.15. The number of carbonyl (C=O) groups is 1. The number of piperidine rings is 1. The fraction of sp³-hybridized carbons (Fsp3) is 0.692. The van der Waals surface area contributed by atoms with Gasteiger partial charge < -0.3 is 10.6 Å². The molecule has 2 unspecified atom stereocenters. The minimum atomic E-state index is -0.224. The first-order valence-electron chi connectivity index (χ1n) is 6.73. The number of aromatic nitrogens is 2. The molecule has 2 heterocycles. The number of hydrogen-bond acceptors (Lipinski definition) is 3. The van der Waals surface area contributed by atoms with Crippen LogP contribution in [0.1, 0.15) is 38.6 Å². The van der Waals surface area contributed by atoms with Crippen molar-refractivity contribution in [1.82, 2.24) is 14.7 Å². The van der Waals surface area contributed by atoms with Gasteiger partial charge in [-0.2, -0.15) is 5.10 Å². The van der Waals surface area contributed by atoms with Crippen LogP contribution in [0.25, 0.3) is 0 Å². The van der Waals surface area contributed by atoms with Crippen LogP contribution in [0.15, 0.2) is 18.5 Å². The van der Waals surface area contributed by atoms with Crippen LogP contribution in [0.5, 0.6) is 0 Å². The standard InChI is InChI=1S/C13H22N4O.2ClH/c1-11(17-10-4-8-15-17)13(18)16-9-3-2-5-12(16)6-7-14;;/h4,8,10-12H,2-3,5-7,9,14H2,1H3;2*1H. The number of carbonyl (C=O) groups excluding carboxylic acids is 1. The van der Waals surface area contributed by atoms with E-state index < -0.39 is 0 Å². The molecule has 1 amide bonds. The molecule has 1 saturated heterocycles. The zero-order valence-corrected chi connectivity index (χ0v) is 13.4. The summed E-state index contributed by atoms with van der Waals surface area (Å²) in [5.41, 5.74) is 5.64. The van der Waals surface area contributed by atoms with E-state index in [1.807, 2.05) is 24.1 Å². The second-order valence-electron chi connectivity index (χ2n) is 4.92. The van der Waals surface area contributed by atoms with Crippen molar-refractivity contribution in [2.75, 3.05) is 13.1 Å². The summed E-state index contributed by atoms with van der Waals surface area (Å²) < 4.78 is 1.72. The van der Waals surface area contributed by atoms with Gasteiger partial charge in [0.15, 0.2) is 0 Å². The van der Waals surface area contributed by atoms with Crippen LogP contribution in [0.2, 0.25) is 0 Å². The van der Waals surface area contributed by atoms with E-state index in [9.17, 15) is 4.79 Å². The molecule has 0 aliphatic carbocycles. The maximum Gasteiger partial charge on any atom is 0.247 e. The molecule has 2 rings (SSSR count). The smallest absolute Gasteiger partial charge is 0.247 e. The Morgan fingerprint density at radius 1 is 1.45 bits per heavy atom. The molecule has 1 aromatic heterocycles. The third kappa shape index (κ3) is 4.36. The average molecular weight is 323 g/mol. The van der Waals surface area contributed by atoms with Gasteiger partial charge in [0.05, 0.1) is 0 Å². The van der Waals surface area contributed by atoms with Gasteiger partial charge in [-0.3, -0.25) is 9.48 Å². The van der Waals surface area contributed by atoms with Gasteiger partial charge in [0.25, 0.3) is 0 Å². The monoisotopic (exact) mass is 322 g/mol. The highest BCUT2D eigenvalue weighted by atomic mass is 35.5. The Labute approximate surface area is 132 Å². The molecule has 0 bridgehead atoms. The number of amides is 1. The van der Waals surface area contributed by atoms with E-state index in [2.05, 4.69) is 5.10 Å². The largest absolute Gasteiger partial charge is 0.338 e. The minimum absolute atomic E-state index is 0. The molecule has 2 atom stereocenters. The fourth-order valence-corrected chi connectivity index (χ4v) is 2.65. The maximum absolute atomic E-state index is 12.5. The van der Waals surface area contributed by atoms with E-state index in [0.29, 0.717) is 12.6 Å². The average Bonchev–Trinajstić information content (AvgIpc) is 2.92. The lowest BCUT2D eigenvalue weighted by atomic mass is 9.98. The Bertz CT molecular complexity index is 384. The lowest BCUT2D eigenvalue weighted by molar-refractivity contribution is -0.138. The van der Waals surface area contributed by atoms with Crippen LogP contribution >= 0.6 is 24.8 Å². The summed E-state index contributed by atoms with van der Waals surface area (Å²) in [6.07, 6.45) is 7.82. The summed E-state index contributed by atoms with van der Waals surface area (Å²) in [6, 6.07) is 1.93. The van der Waals surface area contributed by atoms with Crippen molar-refractivity contribution < 1.29 is 4.79 Å². The molecular weight excluding hydrogens is 299 g/mol. The predicted octanol–water partition coefficient (Wildman–Crippen LogP) is 2.02. The molecule has 5 nitrogen and oxygen atoms in total. The summed E-state index contributed by atoms with van der Waals surface area (Å²) in [4.78, 5) is 14.5. The Morgan fingerprint density at radius 3 is 2.80 bits per heavy atom. The molecular formula is C13H24Cl2N4O. The van der Waals surface area contributed by atoms with Crippen molar-refractivity contribution >= 4 is 30.7 Å². The first-order valence-corrected chi connectivity index (χ1v) is 6.73. The van der Waals surface area contributed by atoms with Crippen LogP contribution in [0.4, 0.5) is 0 Å². The molecule has 0 radical (unpaired) electrons. The Hall–Kier alpha value is -0.780. The second-order valence-corrected chi connectivity index (χ2v) is 4.92. The minimum Gasteiger partial charge on any atom is -0.338 e. The highest BCUT2D eigenvalue weighted by Crippen LogP contribution is 2.22. The SMILES string of the molecule is CC(C(=O)N1CCCCC1CCN)n1cccn1.Cl.Cl. The van der Waals surface area contributed by atoms with E-state index >= 15 is 0 Å². The second kappa shape index (κ2) is 9.21. The quantitative estimate of drug-likeness (QED) is 0.922. The molecule has 1 aliphatic heterocycles. The zero-order chi connectivity index (χ0) is 13.0. The number of nitrogens with zero attached hydrogens (tertiary/aromatic N) is 3. The summed E-state index contributed by atoms with van der Waals surface area (Å²) in [6.45, 7) is 3.41. The van der Waals surface area contributed by atoms with Gasteiger partial charge in [-0.05, 0) is 45.2 Å². The molecule has 0 aromatic carbocycles. The molecule has 1 fully saturated rings. The summed E-state index contributed by atoms with van der Waals surface area (Å²) >= 11 is 0. The Kier molecular flexibility index (Phi) is 8.85. The first-order chi connectivity index (χ1) is 8.74. The Morgan fingerprint density at radius 2 is 2.20 bits per heavy atom. The predicted molar refractivity (Wildman–Crippen MR) is 84.5 cm³/mol. The highest BCUT2D eigenvalue weighted by molar-refractivity contribution is 5.85. The Balaban J connectivity index is 0.00000180. The molecule has 0 saturated carbocycles. The van der Waals surface area contributed by atoms with Gasteiger partial charge >= 0.3 is 0 Å². The highest BCUT2D eigenvalue weighted by Gasteiger charge is 2.29. The topological polar surface area (TPSA) is 64.2 Å². The molecule has 7 heteroatoms. The van der Waals surface area contributed by atoms with Crippen molar-refractivity contribution in [1.29, 1.82) is 0 Å². The van der Waals surface area contributed by atoms with Gasteiger partial charge in [0.1, 0.15) is 6.04 Å². The molecule has 2 N–H and O–H groups in total. The van der Waals surface area contributed by atoms with Crippen molar-refractivity contribution in [2.45, 2.75) is 44.7 Å². The van der Waals surface area contributed by atoms with Crippen LogP contribution in [0, 0.1) is 0 Å². The van der Waals surface area contributed by atoms with Crippen LogP contribution in [0.3, 0.4) is 0 Å². The third-order valence-corrected chi connectivity index (χ3v) is 3.69. The van der Waals surface area contributed by atoms with Gasteiger partial charge in [0, 0.05) is 25.0 Å². The molecule has 116 valence electrons. The number of rotatable bonds is 4. The lowest BCUT2D eigenvalue weighted by Crippen LogP contribution is -2.47. The summed E-state index contributed by atoms with van der Waals surface area (Å²) in [5.74, 6) is 0.164. The fourth-order valence-electron chi connectivity index (χ4n) is 2.65. The van der Waals surface area contributed by atoms with Gasteiger partial charge in [0.2, 0.25) is 5.91 Å². The van der Waals surface area contributed by atoms with Crippen molar-refractivity contribution in [3.63, 3.8) is 0 Å². The van der Waals surface area contributed by atoms with E-state index in [-0.39, 0.29) is 36.8 Å². The van der Waals surface area contributed by atoms with Gasteiger partial charge in [-0.1, -0.05) is 0 Å². The lowest BCUT2D eigenvalue weighted by Gasteiger charge is -2.37. The van der Waals surface area contributed by atoms with Gasteiger partial charge in [-0.15, -0.1) is 24.8 Å². The van der Waals surface area contributed by atoms with E-state index in [0.717, 1.165) is 25.8 Å². The normalized spacial score (nSPS) is 19.7.